The molecule has 7 heteroatoms. The molecule has 0 saturated carbocycles. The molecule has 0 unspecified atom stereocenters. The molecule has 0 bridgehead atoms. The summed E-state index contributed by atoms with van der Waals surface area (Å²) < 4.78 is 16.0. The fourth-order valence-electron chi connectivity index (χ4n) is 2.55. The molecule has 0 aromatic heterocycles. The normalized spacial score (nSPS) is 14.8. The Balaban J connectivity index is 2.03. The lowest BCUT2D eigenvalue weighted by molar-refractivity contribution is -0.115. The van der Waals surface area contributed by atoms with Gasteiger partial charge in [-0.25, -0.2) is 4.99 Å². The summed E-state index contributed by atoms with van der Waals surface area (Å²) in [5.74, 6) is 1.73. The van der Waals surface area contributed by atoms with Gasteiger partial charge < -0.3 is 19.5 Å². The van der Waals surface area contributed by atoms with Crippen molar-refractivity contribution in [3.8, 4) is 17.2 Å². The van der Waals surface area contributed by atoms with Gasteiger partial charge in [0.25, 0.3) is 5.91 Å². The van der Waals surface area contributed by atoms with Crippen LogP contribution in [0.2, 0.25) is 5.02 Å². The summed E-state index contributed by atoms with van der Waals surface area (Å²) in [6.07, 6.45) is 1.63. The highest BCUT2D eigenvalue weighted by atomic mass is 35.5. The first-order chi connectivity index (χ1) is 12.5. The Kier molecular flexibility index (Phi) is 5.14. The molecular formula is C19H17ClN2O4. The summed E-state index contributed by atoms with van der Waals surface area (Å²) in [7, 11) is 4.62. The van der Waals surface area contributed by atoms with Crippen molar-refractivity contribution >= 4 is 29.4 Å². The molecule has 6 nitrogen and oxygen atoms in total. The molecule has 26 heavy (non-hydrogen) atoms. The van der Waals surface area contributed by atoms with Gasteiger partial charge in [0, 0.05) is 22.2 Å². The van der Waals surface area contributed by atoms with Crippen LogP contribution in [-0.2, 0) is 4.79 Å². The van der Waals surface area contributed by atoms with Crippen LogP contribution in [0.5, 0.6) is 17.2 Å². The van der Waals surface area contributed by atoms with E-state index >= 15 is 0 Å². The number of ether oxygens (including phenoxy) is 3. The van der Waals surface area contributed by atoms with Crippen molar-refractivity contribution in [3.05, 3.63) is 58.2 Å². The molecule has 1 aliphatic heterocycles. The van der Waals surface area contributed by atoms with Crippen molar-refractivity contribution in [2.75, 3.05) is 21.3 Å². The highest BCUT2D eigenvalue weighted by Crippen LogP contribution is 2.36. The number of nitrogens with zero attached hydrogens (tertiary/aromatic N) is 1. The number of methoxy groups -OCH3 is 3. The van der Waals surface area contributed by atoms with E-state index in [9.17, 15) is 4.79 Å². The van der Waals surface area contributed by atoms with E-state index in [0.717, 1.165) is 5.56 Å². The molecule has 0 aliphatic carbocycles. The second-order valence-electron chi connectivity index (χ2n) is 5.40. The molecule has 1 N–H and O–H groups in total. The van der Waals surface area contributed by atoms with Crippen LogP contribution in [0.3, 0.4) is 0 Å². The van der Waals surface area contributed by atoms with Crippen molar-refractivity contribution in [2.45, 2.75) is 0 Å². The number of rotatable bonds is 5. The number of nitrogens with one attached hydrogen (secondary N) is 1. The fourth-order valence-corrected chi connectivity index (χ4v) is 2.74. The van der Waals surface area contributed by atoms with E-state index in [1.54, 1.807) is 57.7 Å². The van der Waals surface area contributed by atoms with Crippen LogP contribution >= 0.6 is 11.6 Å². The zero-order valence-corrected chi connectivity index (χ0v) is 15.3. The van der Waals surface area contributed by atoms with Gasteiger partial charge in [0.2, 0.25) is 0 Å². The Bertz CT molecular complexity index is 922. The van der Waals surface area contributed by atoms with Gasteiger partial charge in [-0.15, -0.1) is 0 Å². The molecule has 134 valence electrons. The average molecular weight is 373 g/mol. The monoisotopic (exact) mass is 372 g/mol. The van der Waals surface area contributed by atoms with Crippen LogP contribution in [0.1, 0.15) is 11.1 Å². The molecule has 0 atom stereocenters. The van der Waals surface area contributed by atoms with E-state index in [-0.39, 0.29) is 11.6 Å². The lowest BCUT2D eigenvalue weighted by Gasteiger charge is -2.12. The van der Waals surface area contributed by atoms with E-state index < -0.39 is 0 Å². The van der Waals surface area contributed by atoms with Crippen molar-refractivity contribution in [2.24, 2.45) is 4.99 Å². The van der Waals surface area contributed by atoms with Gasteiger partial charge in [-0.05, 0) is 24.3 Å². The molecule has 2 aromatic carbocycles. The maximum absolute atomic E-state index is 12.3. The number of aliphatic imine (C=N–C) groups is 1. The number of benzene rings is 2. The second-order valence-corrected chi connectivity index (χ2v) is 5.84. The molecule has 0 fully saturated rings. The molecule has 0 spiro atoms. The zero-order valence-electron chi connectivity index (χ0n) is 14.5. The lowest BCUT2D eigenvalue weighted by Crippen LogP contribution is -2.24. The summed E-state index contributed by atoms with van der Waals surface area (Å²) in [5.41, 5.74) is 1.63. The van der Waals surface area contributed by atoms with Gasteiger partial charge in [0.05, 0.1) is 21.3 Å². The van der Waals surface area contributed by atoms with Gasteiger partial charge in [0.15, 0.2) is 11.5 Å². The number of amidine groups is 1. The summed E-state index contributed by atoms with van der Waals surface area (Å²) in [6, 6.07) is 10.5. The third kappa shape index (κ3) is 3.50. The van der Waals surface area contributed by atoms with E-state index in [1.807, 2.05) is 6.07 Å². The fraction of sp³-hybridized carbons (Fsp3) is 0.158. The maximum Gasteiger partial charge on any atom is 0.275 e. The molecule has 2 aromatic rings. The smallest absolute Gasteiger partial charge is 0.275 e. The van der Waals surface area contributed by atoms with Crippen molar-refractivity contribution < 1.29 is 19.0 Å². The lowest BCUT2D eigenvalue weighted by atomic mass is 10.1. The summed E-state index contributed by atoms with van der Waals surface area (Å²) in [6.45, 7) is 0. The minimum absolute atomic E-state index is 0.255. The van der Waals surface area contributed by atoms with Crippen LogP contribution in [-0.4, -0.2) is 33.1 Å². The predicted molar refractivity (Wildman–Crippen MR) is 100 cm³/mol. The number of hydrogen-bond acceptors (Lipinski definition) is 5. The van der Waals surface area contributed by atoms with Crippen molar-refractivity contribution in [1.29, 1.82) is 0 Å². The molecule has 3 rings (SSSR count). The summed E-state index contributed by atoms with van der Waals surface area (Å²) >= 11 is 6.00. The van der Waals surface area contributed by atoms with Crippen LogP contribution in [0.25, 0.3) is 6.08 Å². The van der Waals surface area contributed by atoms with Gasteiger partial charge in [-0.1, -0.05) is 23.7 Å². The van der Waals surface area contributed by atoms with E-state index in [2.05, 4.69) is 10.3 Å². The average Bonchev–Trinajstić information content (AvgIpc) is 3.02. The first-order valence-corrected chi connectivity index (χ1v) is 8.11. The number of hydrogen-bond donors (Lipinski definition) is 1. The Hall–Kier alpha value is -2.99. The molecule has 1 amide bonds. The first kappa shape index (κ1) is 17.8. The number of carbonyl (C=O) groups is 1. The second kappa shape index (κ2) is 7.49. The highest BCUT2D eigenvalue weighted by Gasteiger charge is 2.22. The third-order valence-corrected chi connectivity index (χ3v) is 4.06. The van der Waals surface area contributed by atoms with Crippen LogP contribution in [0.4, 0.5) is 0 Å². The van der Waals surface area contributed by atoms with Crippen molar-refractivity contribution in [3.63, 3.8) is 0 Å². The summed E-state index contributed by atoms with van der Waals surface area (Å²) in [5, 5.41) is 3.31. The number of carbonyl (C=O) groups excluding carboxylic acids is 1. The molecule has 1 heterocycles. The molecule has 0 saturated heterocycles. The number of amides is 1. The highest BCUT2D eigenvalue weighted by molar-refractivity contribution is 6.31. The Labute approximate surface area is 156 Å². The van der Waals surface area contributed by atoms with Gasteiger partial charge in [-0.3, -0.25) is 4.79 Å². The predicted octanol–water partition coefficient (Wildman–Crippen LogP) is 3.28. The largest absolute Gasteiger partial charge is 0.496 e. The molecule has 0 radical (unpaired) electrons. The van der Waals surface area contributed by atoms with Gasteiger partial charge in [0.1, 0.15) is 17.3 Å². The minimum Gasteiger partial charge on any atom is -0.496 e. The van der Waals surface area contributed by atoms with E-state index in [4.69, 9.17) is 25.8 Å². The molecule has 1 aliphatic rings. The standard InChI is InChI=1S/C19H17ClN2O4/c1-24-15-10-17(26-3)16(25-2)9-12(15)8-14-19(23)22-18(21-14)11-5-4-6-13(20)7-11/h4-10H,1-3H3,(H,21,22,23)/b14-8-. The quantitative estimate of drug-likeness (QED) is 0.818. The Morgan fingerprint density at radius 2 is 1.69 bits per heavy atom. The summed E-state index contributed by atoms with van der Waals surface area (Å²) in [4.78, 5) is 16.7. The Morgan fingerprint density at radius 3 is 2.35 bits per heavy atom. The van der Waals surface area contributed by atoms with Gasteiger partial charge in [-0.2, -0.15) is 0 Å². The van der Waals surface area contributed by atoms with E-state index in [1.165, 1.54) is 0 Å². The molecular weight excluding hydrogens is 356 g/mol. The number of halogens is 1. The Morgan fingerprint density at radius 1 is 1.00 bits per heavy atom. The minimum atomic E-state index is -0.309. The van der Waals surface area contributed by atoms with Crippen LogP contribution in [0, 0.1) is 0 Å². The third-order valence-electron chi connectivity index (χ3n) is 3.82. The topological polar surface area (TPSA) is 69.2 Å². The van der Waals surface area contributed by atoms with Crippen LogP contribution in [0.15, 0.2) is 47.1 Å². The SMILES string of the molecule is COc1cc(OC)c(OC)cc1/C=C1\N=C(c2cccc(Cl)c2)NC1=O. The van der Waals surface area contributed by atoms with Gasteiger partial charge >= 0.3 is 0 Å². The van der Waals surface area contributed by atoms with E-state index in [0.29, 0.717) is 33.7 Å². The maximum atomic E-state index is 12.3. The zero-order chi connectivity index (χ0) is 18.7. The first-order valence-electron chi connectivity index (χ1n) is 7.73. The van der Waals surface area contributed by atoms with Crippen LogP contribution < -0.4 is 19.5 Å². The van der Waals surface area contributed by atoms with Crippen molar-refractivity contribution in [1.82, 2.24) is 5.32 Å².